The van der Waals surface area contributed by atoms with Crippen molar-refractivity contribution in [1.82, 2.24) is 0 Å². The number of benzene rings is 2. The van der Waals surface area contributed by atoms with Gasteiger partial charge in [-0.25, -0.2) is 4.79 Å². The van der Waals surface area contributed by atoms with Crippen LogP contribution in [0.5, 0.6) is 0 Å². The van der Waals surface area contributed by atoms with Gasteiger partial charge in [0.05, 0.1) is 6.61 Å². The molecule has 1 atom stereocenters. The van der Waals surface area contributed by atoms with Gasteiger partial charge in [-0.1, -0.05) is 61.2 Å². The van der Waals surface area contributed by atoms with E-state index in [1.165, 1.54) is 0 Å². The molecule has 0 bridgehead atoms. The maximum absolute atomic E-state index is 11.8. The fraction of sp³-hybridized carbons (Fsp3) is 0.167. The summed E-state index contributed by atoms with van der Waals surface area (Å²) >= 11 is 0. The normalized spacial score (nSPS) is 13.0. The predicted octanol–water partition coefficient (Wildman–Crippen LogP) is 3.33. The Kier molecular flexibility index (Phi) is 4.90. The van der Waals surface area contributed by atoms with Crippen LogP contribution in [0.25, 0.3) is 16.3 Å². The van der Waals surface area contributed by atoms with Crippen molar-refractivity contribution in [2.45, 2.75) is 13.0 Å². The molecule has 2 aromatic carbocycles. The summed E-state index contributed by atoms with van der Waals surface area (Å²) < 4.78 is 4.90. The lowest BCUT2D eigenvalue weighted by Crippen LogP contribution is -2.24. The molecule has 21 heavy (non-hydrogen) atoms. The lowest BCUT2D eigenvalue weighted by atomic mass is 9.94. The summed E-state index contributed by atoms with van der Waals surface area (Å²) in [5.74, 6) is -0.654. The van der Waals surface area contributed by atoms with Crippen molar-refractivity contribution in [3.63, 3.8) is 0 Å². The van der Waals surface area contributed by atoms with Gasteiger partial charge in [-0.3, -0.25) is 0 Å². The number of hydrogen-bond acceptors (Lipinski definition) is 3. The average Bonchev–Trinajstić information content (AvgIpc) is 2.52. The minimum Gasteiger partial charge on any atom is -0.464 e. The molecule has 0 radical (unpaired) electrons. The second-order valence-corrected chi connectivity index (χ2v) is 4.54. The quantitative estimate of drug-likeness (QED) is 0.676. The Bertz CT molecular complexity index is 680. The van der Waals surface area contributed by atoms with Gasteiger partial charge in [0.2, 0.25) is 0 Å². The molecule has 3 heteroatoms. The Labute approximate surface area is 124 Å². The first-order valence-electron chi connectivity index (χ1n) is 6.84. The summed E-state index contributed by atoms with van der Waals surface area (Å²) in [5, 5.41) is 12.3. The van der Waals surface area contributed by atoms with E-state index in [-0.39, 0.29) is 6.61 Å². The number of carbonyl (C=O) groups is 1. The summed E-state index contributed by atoms with van der Waals surface area (Å²) in [4.78, 5) is 11.8. The fourth-order valence-electron chi connectivity index (χ4n) is 2.28. The minimum atomic E-state index is -1.33. The predicted molar refractivity (Wildman–Crippen MR) is 84.8 cm³/mol. The SMILES string of the molecule is C=C/C=C(\c1cccc2ccccc12)[C@H](O)C(=O)OCC. The summed E-state index contributed by atoms with van der Waals surface area (Å²) in [6.45, 7) is 5.59. The fourth-order valence-corrected chi connectivity index (χ4v) is 2.28. The summed E-state index contributed by atoms with van der Waals surface area (Å²) in [6, 6.07) is 13.6. The van der Waals surface area contributed by atoms with Crippen LogP contribution in [-0.2, 0) is 9.53 Å². The molecule has 0 amide bonds. The standard InChI is InChI=1S/C18H18O3/c1-3-8-16(17(19)18(20)21-4-2)15-12-7-10-13-9-5-6-11-14(13)15/h3,5-12,17,19H,1,4H2,2H3/b16-8+/t17-/m0/s1. The van der Waals surface area contributed by atoms with E-state index in [2.05, 4.69) is 6.58 Å². The van der Waals surface area contributed by atoms with E-state index < -0.39 is 12.1 Å². The highest BCUT2D eigenvalue weighted by molar-refractivity contribution is 6.00. The molecule has 1 N–H and O–H groups in total. The molecule has 2 aromatic rings. The topological polar surface area (TPSA) is 46.5 Å². The number of aliphatic hydroxyl groups is 1. The Hall–Kier alpha value is -2.39. The third-order valence-electron chi connectivity index (χ3n) is 3.20. The summed E-state index contributed by atoms with van der Waals surface area (Å²) in [7, 11) is 0. The third kappa shape index (κ3) is 3.20. The van der Waals surface area contributed by atoms with E-state index in [9.17, 15) is 9.90 Å². The van der Waals surface area contributed by atoms with Crippen LogP contribution in [-0.4, -0.2) is 23.8 Å². The number of hydrogen-bond donors (Lipinski definition) is 1. The van der Waals surface area contributed by atoms with E-state index in [1.54, 1.807) is 19.1 Å². The Morgan fingerprint density at radius 1 is 1.29 bits per heavy atom. The number of carbonyl (C=O) groups excluding carboxylic acids is 1. The zero-order chi connectivity index (χ0) is 15.2. The molecular formula is C18H18O3. The number of esters is 1. The Morgan fingerprint density at radius 3 is 2.71 bits per heavy atom. The highest BCUT2D eigenvalue weighted by atomic mass is 16.5. The number of fused-ring (bicyclic) bond motifs is 1. The molecule has 0 saturated carbocycles. The summed E-state index contributed by atoms with van der Waals surface area (Å²) in [5.41, 5.74) is 1.29. The summed E-state index contributed by atoms with van der Waals surface area (Å²) in [6.07, 6.45) is 1.87. The monoisotopic (exact) mass is 282 g/mol. The van der Waals surface area contributed by atoms with Gasteiger partial charge >= 0.3 is 5.97 Å². The Morgan fingerprint density at radius 2 is 2.00 bits per heavy atom. The van der Waals surface area contributed by atoms with E-state index in [0.29, 0.717) is 5.57 Å². The van der Waals surface area contributed by atoms with Gasteiger partial charge in [0.25, 0.3) is 0 Å². The molecule has 0 aliphatic rings. The van der Waals surface area contributed by atoms with Crippen molar-refractivity contribution in [2.24, 2.45) is 0 Å². The lowest BCUT2D eigenvalue weighted by molar-refractivity contribution is -0.149. The molecule has 0 aromatic heterocycles. The van der Waals surface area contributed by atoms with Gasteiger partial charge < -0.3 is 9.84 Å². The lowest BCUT2D eigenvalue weighted by Gasteiger charge is -2.16. The molecule has 108 valence electrons. The molecule has 0 saturated heterocycles. The van der Waals surface area contributed by atoms with Crippen molar-refractivity contribution in [3.8, 4) is 0 Å². The zero-order valence-electron chi connectivity index (χ0n) is 12.0. The van der Waals surface area contributed by atoms with Crippen molar-refractivity contribution in [3.05, 3.63) is 66.8 Å². The van der Waals surface area contributed by atoms with Gasteiger partial charge in [-0.2, -0.15) is 0 Å². The van der Waals surface area contributed by atoms with Gasteiger partial charge in [0, 0.05) is 0 Å². The average molecular weight is 282 g/mol. The van der Waals surface area contributed by atoms with Crippen LogP contribution in [0.2, 0.25) is 0 Å². The van der Waals surface area contributed by atoms with Crippen molar-refractivity contribution < 1.29 is 14.6 Å². The molecule has 0 aliphatic carbocycles. The van der Waals surface area contributed by atoms with Crippen molar-refractivity contribution in [1.29, 1.82) is 0 Å². The third-order valence-corrected chi connectivity index (χ3v) is 3.20. The van der Waals surface area contributed by atoms with Gasteiger partial charge in [0.1, 0.15) is 0 Å². The Balaban J connectivity index is 2.54. The zero-order valence-corrected chi connectivity index (χ0v) is 12.0. The molecule has 0 unspecified atom stereocenters. The first-order chi connectivity index (χ1) is 10.2. The molecule has 2 rings (SSSR count). The largest absolute Gasteiger partial charge is 0.464 e. The highest BCUT2D eigenvalue weighted by Crippen LogP contribution is 2.28. The van der Waals surface area contributed by atoms with Crippen LogP contribution in [0.3, 0.4) is 0 Å². The first-order valence-corrected chi connectivity index (χ1v) is 6.84. The maximum Gasteiger partial charge on any atom is 0.339 e. The second kappa shape index (κ2) is 6.86. The smallest absolute Gasteiger partial charge is 0.339 e. The number of rotatable bonds is 5. The van der Waals surface area contributed by atoms with E-state index in [4.69, 9.17) is 4.74 Å². The highest BCUT2D eigenvalue weighted by Gasteiger charge is 2.23. The van der Waals surface area contributed by atoms with Crippen molar-refractivity contribution >= 4 is 22.3 Å². The van der Waals surface area contributed by atoms with Crippen LogP contribution >= 0.6 is 0 Å². The van der Waals surface area contributed by atoms with Gasteiger partial charge in [-0.15, -0.1) is 0 Å². The van der Waals surface area contributed by atoms with Crippen LogP contribution in [0.1, 0.15) is 12.5 Å². The minimum absolute atomic E-state index is 0.229. The molecule has 3 nitrogen and oxygen atoms in total. The number of ether oxygens (including phenoxy) is 1. The van der Waals surface area contributed by atoms with Gasteiger partial charge in [-0.05, 0) is 28.8 Å². The first kappa shape index (κ1) is 15.0. The molecule has 0 aliphatic heterocycles. The van der Waals surface area contributed by atoms with Crippen LogP contribution in [0.4, 0.5) is 0 Å². The maximum atomic E-state index is 11.8. The number of aliphatic hydroxyl groups excluding tert-OH is 1. The molecule has 0 heterocycles. The van der Waals surface area contributed by atoms with E-state index in [0.717, 1.165) is 16.3 Å². The van der Waals surface area contributed by atoms with Crippen LogP contribution < -0.4 is 0 Å². The van der Waals surface area contributed by atoms with E-state index in [1.807, 2.05) is 42.5 Å². The van der Waals surface area contributed by atoms with Gasteiger partial charge in [0.15, 0.2) is 6.10 Å². The number of allylic oxidation sites excluding steroid dienone is 2. The molecule has 0 spiro atoms. The van der Waals surface area contributed by atoms with Crippen LogP contribution in [0, 0.1) is 0 Å². The van der Waals surface area contributed by atoms with Crippen molar-refractivity contribution in [2.75, 3.05) is 6.61 Å². The van der Waals surface area contributed by atoms with Crippen LogP contribution in [0.15, 0.2) is 61.2 Å². The van der Waals surface area contributed by atoms with E-state index >= 15 is 0 Å². The second-order valence-electron chi connectivity index (χ2n) is 4.54. The molecule has 0 fully saturated rings. The molecular weight excluding hydrogens is 264 g/mol.